The van der Waals surface area contributed by atoms with Crippen molar-refractivity contribution < 1.29 is 9.05 Å². The lowest BCUT2D eigenvalue weighted by molar-refractivity contribution is 0.357. The van der Waals surface area contributed by atoms with Gasteiger partial charge in [0, 0.05) is 63.1 Å². The second-order valence-electron chi connectivity index (χ2n) is 8.33. The number of rotatable bonds is 16. The van der Waals surface area contributed by atoms with Crippen LogP contribution < -0.4 is 9.05 Å². The Morgan fingerprint density at radius 2 is 0.750 bits per heavy atom. The molecule has 0 saturated carbocycles. The van der Waals surface area contributed by atoms with Crippen LogP contribution in [0.3, 0.4) is 0 Å². The monoisotopic (exact) mass is 572 g/mol. The molecule has 0 spiro atoms. The van der Waals surface area contributed by atoms with E-state index in [0.29, 0.717) is 0 Å². The van der Waals surface area contributed by atoms with E-state index in [2.05, 4.69) is 86.2 Å². The lowest BCUT2D eigenvalue weighted by atomic mass is 10.1. The molecule has 0 bridgehead atoms. The van der Waals surface area contributed by atoms with E-state index < -0.39 is 13.1 Å². The summed E-state index contributed by atoms with van der Waals surface area (Å²) in [7, 11) is 0. The van der Waals surface area contributed by atoms with Crippen LogP contribution in [0.15, 0.2) is 36.4 Å². The third-order valence-corrected chi connectivity index (χ3v) is 15.8. The van der Waals surface area contributed by atoms with Gasteiger partial charge in [0.25, 0.3) is 13.1 Å². The van der Waals surface area contributed by atoms with E-state index in [0.717, 1.165) is 74.6 Å². The number of fused-ring (bicyclic) bond motifs is 1. The molecule has 0 atom stereocenters. The Labute approximate surface area is 230 Å². The van der Waals surface area contributed by atoms with Crippen LogP contribution in [0.5, 0.6) is 11.5 Å². The van der Waals surface area contributed by atoms with Crippen molar-refractivity contribution in [2.45, 2.75) is 55.4 Å². The van der Waals surface area contributed by atoms with Gasteiger partial charge in [0.05, 0.1) is 0 Å². The van der Waals surface area contributed by atoms with Crippen molar-refractivity contribution in [1.82, 2.24) is 18.7 Å². The van der Waals surface area contributed by atoms with Crippen molar-refractivity contribution >= 4 is 47.5 Å². The van der Waals surface area contributed by atoms with E-state index in [4.69, 9.17) is 32.7 Å². The highest BCUT2D eigenvalue weighted by Crippen LogP contribution is 2.57. The van der Waals surface area contributed by atoms with Crippen LogP contribution in [0.1, 0.15) is 55.4 Å². The number of hydrogen-bond acceptors (Lipinski definition) is 4. The molecular formula is C26H46N4O2P2S2. The van der Waals surface area contributed by atoms with Gasteiger partial charge in [-0.15, -0.1) is 0 Å². The van der Waals surface area contributed by atoms with Crippen molar-refractivity contribution in [3.8, 4) is 11.5 Å². The van der Waals surface area contributed by atoms with Crippen molar-refractivity contribution in [2.24, 2.45) is 0 Å². The minimum Gasteiger partial charge on any atom is -0.440 e. The summed E-state index contributed by atoms with van der Waals surface area (Å²) in [4.78, 5) is 0. The smallest absolute Gasteiger partial charge is 0.253 e. The van der Waals surface area contributed by atoms with E-state index in [-0.39, 0.29) is 0 Å². The highest BCUT2D eigenvalue weighted by molar-refractivity contribution is 8.10. The van der Waals surface area contributed by atoms with Gasteiger partial charge in [-0.2, -0.15) is 0 Å². The predicted molar refractivity (Wildman–Crippen MR) is 165 cm³/mol. The quantitative estimate of drug-likeness (QED) is 0.192. The molecule has 2 rings (SSSR count). The van der Waals surface area contributed by atoms with Crippen molar-refractivity contribution in [2.75, 3.05) is 52.4 Å². The summed E-state index contributed by atoms with van der Waals surface area (Å²) in [6, 6.07) is 12.3. The number of nitrogens with zero attached hydrogens (tertiary/aromatic N) is 4. The molecule has 0 aromatic heterocycles. The summed E-state index contributed by atoms with van der Waals surface area (Å²) in [5.74, 6) is 1.61. The van der Waals surface area contributed by atoms with Crippen LogP contribution in [-0.4, -0.2) is 71.0 Å². The van der Waals surface area contributed by atoms with Crippen molar-refractivity contribution in [1.29, 1.82) is 0 Å². The molecule has 0 N–H and O–H groups in total. The van der Waals surface area contributed by atoms with E-state index in [1.54, 1.807) is 0 Å². The fraction of sp³-hybridized carbons (Fsp3) is 0.615. The van der Waals surface area contributed by atoms with Gasteiger partial charge in [-0.25, -0.2) is 18.7 Å². The normalized spacial score (nSPS) is 12.9. The first-order valence-corrected chi connectivity index (χ1v) is 18.6. The van der Waals surface area contributed by atoms with Crippen LogP contribution >= 0.6 is 13.1 Å². The lowest BCUT2D eigenvalue weighted by Crippen LogP contribution is -2.34. The Kier molecular flexibility index (Phi) is 12.8. The molecule has 0 aliphatic carbocycles. The lowest BCUT2D eigenvalue weighted by Gasteiger charge is -2.41. The molecule has 0 unspecified atom stereocenters. The molecule has 0 aliphatic heterocycles. The SMILES string of the molecule is CCN(CC)P(=S)(Oc1cccc2c(OP(=S)(N(CC)CC)N(CC)CC)cccc12)N(CC)CC. The van der Waals surface area contributed by atoms with Gasteiger partial charge < -0.3 is 9.05 Å². The fourth-order valence-corrected chi connectivity index (χ4v) is 12.7. The maximum Gasteiger partial charge on any atom is 0.253 e. The highest BCUT2D eigenvalue weighted by Gasteiger charge is 2.34. The molecule has 204 valence electrons. The molecule has 0 fully saturated rings. The maximum atomic E-state index is 6.85. The zero-order chi connectivity index (χ0) is 26.9. The van der Waals surface area contributed by atoms with Crippen LogP contribution in [0.25, 0.3) is 10.8 Å². The first-order valence-electron chi connectivity index (χ1n) is 13.4. The van der Waals surface area contributed by atoms with Gasteiger partial charge in [0.2, 0.25) is 0 Å². The first kappa shape index (κ1) is 31.7. The molecular weight excluding hydrogens is 526 g/mol. The summed E-state index contributed by atoms with van der Waals surface area (Å²) in [6.45, 7) is 19.1. The van der Waals surface area contributed by atoms with Crippen LogP contribution in [0.2, 0.25) is 0 Å². The van der Waals surface area contributed by atoms with E-state index in [1.165, 1.54) is 0 Å². The number of benzene rings is 2. The van der Waals surface area contributed by atoms with Gasteiger partial charge in [0.15, 0.2) is 0 Å². The van der Waals surface area contributed by atoms with Gasteiger partial charge in [-0.1, -0.05) is 79.7 Å². The Balaban J connectivity index is 2.65. The topological polar surface area (TPSA) is 31.4 Å². The molecule has 0 saturated heterocycles. The van der Waals surface area contributed by atoms with Gasteiger partial charge >= 0.3 is 0 Å². The average Bonchev–Trinajstić information content (AvgIpc) is 2.87. The zero-order valence-electron chi connectivity index (χ0n) is 23.4. The standard InChI is InChI=1S/C26H46N4O2P2S2/c1-9-27(10-2)33(35,28(11-3)12-4)31-25-21-17-20-24-23(25)19-18-22-26(24)32-34(36,29(13-5)14-6)30(15-7)16-8/h17-22H,9-16H2,1-8H3. The van der Waals surface area contributed by atoms with Crippen molar-refractivity contribution in [3.63, 3.8) is 0 Å². The van der Waals surface area contributed by atoms with E-state index in [9.17, 15) is 0 Å². The predicted octanol–water partition coefficient (Wildman–Crippen LogP) is 7.41. The van der Waals surface area contributed by atoms with Crippen LogP contribution in [-0.2, 0) is 23.6 Å². The zero-order valence-corrected chi connectivity index (χ0v) is 26.9. The Bertz CT molecular complexity index is 940. The Morgan fingerprint density at radius 1 is 0.500 bits per heavy atom. The second-order valence-corrected chi connectivity index (χ2v) is 15.8. The van der Waals surface area contributed by atoms with Crippen molar-refractivity contribution in [3.05, 3.63) is 36.4 Å². The average molecular weight is 573 g/mol. The minimum atomic E-state index is -2.44. The molecule has 36 heavy (non-hydrogen) atoms. The molecule has 2 aromatic rings. The molecule has 2 aromatic carbocycles. The Morgan fingerprint density at radius 3 is 0.972 bits per heavy atom. The molecule has 0 radical (unpaired) electrons. The molecule has 0 aliphatic rings. The maximum absolute atomic E-state index is 6.85. The Hall–Kier alpha value is -0.560. The van der Waals surface area contributed by atoms with E-state index >= 15 is 0 Å². The first-order chi connectivity index (χ1) is 17.2. The van der Waals surface area contributed by atoms with Crippen LogP contribution in [0.4, 0.5) is 0 Å². The van der Waals surface area contributed by atoms with E-state index in [1.807, 2.05) is 24.3 Å². The summed E-state index contributed by atoms with van der Waals surface area (Å²) in [6.07, 6.45) is 0. The minimum absolute atomic E-state index is 0.805. The van der Waals surface area contributed by atoms with Gasteiger partial charge in [-0.05, 0) is 35.7 Å². The van der Waals surface area contributed by atoms with Gasteiger partial charge in [0.1, 0.15) is 11.5 Å². The summed E-state index contributed by atoms with van der Waals surface area (Å²) in [5, 5.41) is 2.01. The third kappa shape index (κ3) is 6.52. The van der Waals surface area contributed by atoms with Crippen LogP contribution in [0, 0.1) is 0 Å². The molecule has 6 nitrogen and oxygen atoms in total. The van der Waals surface area contributed by atoms with Gasteiger partial charge in [-0.3, -0.25) is 0 Å². The summed E-state index contributed by atoms with van der Waals surface area (Å²) in [5.41, 5.74) is 0. The largest absolute Gasteiger partial charge is 0.440 e. The molecule has 0 amide bonds. The number of hydrogen-bond donors (Lipinski definition) is 0. The summed E-state index contributed by atoms with van der Waals surface area (Å²) < 4.78 is 22.9. The second kappa shape index (κ2) is 14.6. The molecule has 0 heterocycles. The fourth-order valence-electron chi connectivity index (χ4n) is 4.58. The molecule has 10 heteroatoms. The highest BCUT2D eigenvalue weighted by atomic mass is 32.5. The third-order valence-electron chi connectivity index (χ3n) is 6.63. The summed E-state index contributed by atoms with van der Waals surface area (Å²) >= 11 is 12.6.